The molecule has 10 heteroatoms. The second-order valence-corrected chi connectivity index (χ2v) is 5.62. The van der Waals surface area contributed by atoms with Crippen molar-refractivity contribution < 1.29 is 27.5 Å². The van der Waals surface area contributed by atoms with Gasteiger partial charge in [-0.05, 0) is 24.6 Å². The number of methoxy groups -OCH3 is 1. The minimum absolute atomic E-state index is 0.146. The Bertz CT molecular complexity index is 892. The maximum Gasteiger partial charge on any atom is 0.416 e. The molecule has 0 bridgehead atoms. The van der Waals surface area contributed by atoms with E-state index in [4.69, 9.17) is 0 Å². The third kappa shape index (κ3) is 5.16. The van der Waals surface area contributed by atoms with Crippen molar-refractivity contribution in [2.45, 2.75) is 19.0 Å². The third-order valence-corrected chi connectivity index (χ3v) is 3.69. The number of benzene rings is 1. The molecule has 1 unspecified atom stereocenters. The van der Waals surface area contributed by atoms with Crippen molar-refractivity contribution in [2.24, 2.45) is 0 Å². The Hall–Kier alpha value is -3.17. The SMILES string of the molecule is COC(=O)C(CNC(=O)c1cc(=O)[nH]c(C)n1)c1ccc(C(F)(F)F)cc1. The van der Waals surface area contributed by atoms with E-state index in [0.717, 1.165) is 37.4 Å². The molecule has 1 aromatic carbocycles. The van der Waals surface area contributed by atoms with Gasteiger partial charge < -0.3 is 15.0 Å². The van der Waals surface area contributed by atoms with Crippen molar-refractivity contribution in [1.82, 2.24) is 15.3 Å². The highest BCUT2D eigenvalue weighted by Crippen LogP contribution is 2.30. The quantitative estimate of drug-likeness (QED) is 0.767. The zero-order valence-corrected chi connectivity index (χ0v) is 14.4. The van der Waals surface area contributed by atoms with Crippen LogP contribution in [-0.2, 0) is 15.7 Å². The fourth-order valence-corrected chi connectivity index (χ4v) is 2.37. The van der Waals surface area contributed by atoms with E-state index in [1.807, 2.05) is 0 Å². The lowest BCUT2D eigenvalue weighted by atomic mass is 9.97. The summed E-state index contributed by atoms with van der Waals surface area (Å²) in [5.74, 6) is -2.22. The van der Waals surface area contributed by atoms with E-state index in [2.05, 4.69) is 20.0 Å². The fourth-order valence-electron chi connectivity index (χ4n) is 2.37. The van der Waals surface area contributed by atoms with Crippen molar-refractivity contribution in [3.63, 3.8) is 0 Å². The molecule has 0 spiro atoms. The number of alkyl halides is 3. The van der Waals surface area contributed by atoms with Crippen LogP contribution < -0.4 is 10.9 Å². The van der Waals surface area contributed by atoms with E-state index in [-0.39, 0.29) is 23.6 Å². The zero-order chi connectivity index (χ0) is 20.2. The van der Waals surface area contributed by atoms with Gasteiger partial charge in [-0.3, -0.25) is 14.4 Å². The molecular formula is C17H16F3N3O4. The van der Waals surface area contributed by atoms with Gasteiger partial charge in [0.25, 0.3) is 11.5 Å². The van der Waals surface area contributed by atoms with Crippen LogP contribution in [0.4, 0.5) is 13.2 Å². The second kappa shape index (κ2) is 8.02. The molecule has 2 N–H and O–H groups in total. The number of esters is 1. The molecule has 1 heterocycles. The molecule has 7 nitrogen and oxygen atoms in total. The van der Waals surface area contributed by atoms with Gasteiger partial charge in [0, 0.05) is 12.6 Å². The van der Waals surface area contributed by atoms with Gasteiger partial charge in [-0.2, -0.15) is 13.2 Å². The number of nitrogens with zero attached hydrogens (tertiary/aromatic N) is 1. The number of hydrogen-bond acceptors (Lipinski definition) is 5. The number of aromatic amines is 1. The van der Waals surface area contributed by atoms with Crippen LogP contribution in [0.15, 0.2) is 35.1 Å². The summed E-state index contributed by atoms with van der Waals surface area (Å²) < 4.78 is 42.7. The molecule has 0 radical (unpaired) electrons. The molecule has 1 atom stereocenters. The Morgan fingerprint density at radius 1 is 1.26 bits per heavy atom. The predicted octanol–water partition coefficient (Wildman–Crippen LogP) is 1.78. The maximum absolute atomic E-state index is 12.7. The molecule has 0 aliphatic rings. The van der Waals surface area contributed by atoms with Gasteiger partial charge in [0.15, 0.2) is 0 Å². The Labute approximate surface area is 151 Å². The lowest BCUT2D eigenvalue weighted by Gasteiger charge is -2.16. The second-order valence-electron chi connectivity index (χ2n) is 5.62. The first-order valence-electron chi connectivity index (χ1n) is 7.73. The van der Waals surface area contributed by atoms with Gasteiger partial charge in [-0.15, -0.1) is 0 Å². The summed E-state index contributed by atoms with van der Waals surface area (Å²) in [4.78, 5) is 41.8. The number of halogens is 3. The molecule has 2 rings (SSSR count). The predicted molar refractivity (Wildman–Crippen MR) is 88.1 cm³/mol. The van der Waals surface area contributed by atoms with Crippen LogP contribution in [0, 0.1) is 6.92 Å². The van der Waals surface area contributed by atoms with Crippen LogP contribution in [0.5, 0.6) is 0 Å². The minimum atomic E-state index is -4.50. The first-order chi connectivity index (χ1) is 12.6. The van der Waals surface area contributed by atoms with E-state index in [9.17, 15) is 27.6 Å². The molecule has 1 amide bonds. The van der Waals surface area contributed by atoms with Crippen molar-refractivity contribution >= 4 is 11.9 Å². The highest BCUT2D eigenvalue weighted by Gasteiger charge is 2.31. The number of hydrogen-bond donors (Lipinski definition) is 2. The zero-order valence-electron chi connectivity index (χ0n) is 14.4. The van der Waals surface area contributed by atoms with Crippen LogP contribution in [0.1, 0.15) is 33.4 Å². The monoisotopic (exact) mass is 383 g/mol. The number of amides is 1. The third-order valence-electron chi connectivity index (χ3n) is 3.69. The molecule has 27 heavy (non-hydrogen) atoms. The topological polar surface area (TPSA) is 101 Å². The van der Waals surface area contributed by atoms with Crippen LogP contribution in [0.2, 0.25) is 0 Å². The van der Waals surface area contributed by atoms with Gasteiger partial charge in [-0.1, -0.05) is 12.1 Å². The first-order valence-corrected chi connectivity index (χ1v) is 7.73. The van der Waals surface area contributed by atoms with E-state index >= 15 is 0 Å². The number of H-pyrrole nitrogens is 1. The van der Waals surface area contributed by atoms with Crippen LogP contribution >= 0.6 is 0 Å². The fraction of sp³-hybridized carbons (Fsp3) is 0.294. The summed E-state index contributed by atoms with van der Waals surface area (Å²) in [5.41, 5.74) is -1.28. The number of nitrogens with one attached hydrogen (secondary N) is 2. The van der Waals surface area contributed by atoms with Gasteiger partial charge in [-0.25, -0.2) is 4.98 Å². The van der Waals surface area contributed by atoms with Gasteiger partial charge in [0.1, 0.15) is 11.5 Å². The lowest BCUT2D eigenvalue weighted by Crippen LogP contribution is -2.33. The largest absolute Gasteiger partial charge is 0.468 e. The average Bonchev–Trinajstić information content (AvgIpc) is 2.60. The molecule has 1 aromatic heterocycles. The molecule has 144 valence electrons. The number of rotatable bonds is 5. The highest BCUT2D eigenvalue weighted by molar-refractivity contribution is 5.92. The molecule has 0 fully saturated rings. The molecule has 0 aliphatic heterocycles. The molecule has 0 saturated carbocycles. The number of ether oxygens (including phenoxy) is 1. The smallest absolute Gasteiger partial charge is 0.416 e. The molecule has 0 saturated heterocycles. The van der Waals surface area contributed by atoms with Gasteiger partial charge >= 0.3 is 12.1 Å². The Morgan fingerprint density at radius 3 is 2.41 bits per heavy atom. The van der Waals surface area contributed by atoms with E-state index in [0.29, 0.717) is 0 Å². The summed E-state index contributed by atoms with van der Waals surface area (Å²) in [5, 5.41) is 2.43. The Kier molecular flexibility index (Phi) is 5.98. The van der Waals surface area contributed by atoms with Crippen molar-refractivity contribution in [1.29, 1.82) is 0 Å². The van der Waals surface area contributed by atoms with E-state index in [1.165, 1.54) is 6.92 Å². The first kappa shape index (κ1) is 20.1. The standard InChI is InChI=1S/C17H16F3N3O4/c1-9-22-13(7-14(24)23-9)15(25)21-8-12(16(26)27-2)10-3-5-11(6-4-10)17(18,19)20/h3-7,12H,8H2,1-2H3,(H,21,25)(H,22,23,24). The molecule has 0 aliphatic carbocycles. The number of aromatic nitrogens is 2. The lowest BCUT2D eigenvalue weighted by molar-refractivity contribution is -0.142. The molecular weight excluding hydrogens is 367 g/mol. The van der Waals surface area contributed by atoms with E-state index in [1.54, 1.807) is 0 Å². The summed E-state index contributed by atoms with van der Waals surface area (Å²) in [6.45, 7) is 1.25. The average molecular weight is 383 g/mol. The molecule has 2 aromatic rings. The summed E-state index contributed by atoms with van der Waals surface area (Å²) in [6.07, 6.45) is -4.50. The minimum Gasteiger partial charge on any atom is -0.468 e. The van der Waals surface area contributed by atoms with E-state index < -0.39 is 35.1 Å². The Balaban J connectivity index is 2.18. The van der Waals surface area contributed by atoms with Crippen LogP contribution in [-0.4, -0.2) is 35.5 Å². The number of carbonyl (C=O) groups is 2. The van der Waals surface area contributed by atoms with Crippen LogP contribution in [0.3, 0.4) is 0 Å². The van der Waals surface area contributed by atoms with Crippen molar-refractivity contribution in [2.75, 3.05) is 13.7 Å². The van der Waals surface area contributed by atoms with Crippen molar-refractivity contribution in [3.8, 4) is 0 Å². The normalized spacial score (nSPS) is 12.3. The Morgan fingerprint density at radius 2 is 1.89 bits per heavy atom. The maximum atomic E-state index is 12.7. The number of aryl methyl sites for hydroxylation is 1. The number of carbonyl (C=O) groups excluding carboxylic acids is 2. The van der Waals surface area contributed by atoms with Gasteiger partial charge in [0.2, 0.25) is 0 Å². The van der Waals surface area contributed by atoms with Crippen LogP contribution in [0.25, 0.3) is 0 Å². The summed E-state index contributed by atoms with van der Waals surface area (Å²) >= 11 is 0. The van der Waals surface area contributed by atoms with Crippen molar-refractivity contribution in [3.05, 3.63) is 63.3 Å². The summed E-state index contributed by atoms with van der Waals surface area (Å²) in [6, 6.07) is 4.97. The van der Waals surface area contributed by atoms with Gasteiger partial charge in [0.05, 0.1) is 18.6 Å². The highest BCUT2D eigenvalue weighted by atomic mass is 19.4. The summed E-state index contributed by atoms with van der Waals surface area (Å²) in [7, 11) is 1.13.